The number of nitrogens with zero attached hydrogens (tertiary/aromatic N) is 2. The largest absolute Gasteiger partial charge is 0.461 e. The zero-order valence-electron chi connectivity index (χ0n) is 15.6. The Bertz CT molecular complexity index is 1110. The maximum absolute atomic E-state index is 12.9. The third-order valence-corrected chi connectivity index (χ3v) is 4.98. The number of carbonyl (C=O) groups excluding carboxylic acids is 1. The summed E-state index contributed by atoms with van der Waals surface area (Å²) in [5, 5.41) is 2.14. The van der Waals surface area contributed by atoms with E-state index in [0.29, 0.717) is 13.0 Å². The molecule has 2 aromatic carbocycles. The Morgan fingerprint density at radius 2 is 1.89 bits per heavy atom. The van der Waals surface area contributed by atoms with E-state index in [0.717, 1.165) is 45.2 Å². The van der Waals surface area contributed by atoms with Crippen LogP contribution in [0.2, 0.25) is 0 Å². The Balaban J connectivity index is 1.58. The van der Waals surface area contributed by atoms with Gasteiger partial charge in [-0.3, -0.25) is 9.78 Å². The summed E-state index contributed by atoms with van der Waals surface area (Å²) in [4.78, 5) is 19.1. The molecule has 0 fully saturated rings. The lowest BCUT2D eigenvalue weighted by atomic mass is 10.1. The van der Waals surface area contributed by atoms with E-state index in [1.54, 1.807) is 11.1 Å². The fourth-order valence-electron chi connectivity index (χ4n) is 3.54. The molecule has 0 aliphatic heterocycles. The van der Waals surface area contributed by atoms with E-state index in [4.69, 9.17) is 4.42 Å². The minimum absolute atomic E-state index is 0.0699. The van der Waals surface area contributed by atoms with Crippen LogP contribution in [0.5, 0.6) is 0 Å². The van der Waals surface area contributed by atoms with Crippen LogP contribution in [0.25, 0.3) is 21.9 Å². The summed E-state index contributed by atoms with van der Waals surface area (Å²) in [6.07, 6.45) is 2.91. The summed E-state index contributed by atoms with van der Waals surface area (Å²) in [5.41, 5.74) is 3.82. The van der Waals surface area contributed by atoms with Gasteiger partial charge in [0.25, 0.3) is 0 Å². The highest BCUT2D eigenvalue weighted by atomic mass is 16.3. The number of furan rings is 1. The quantitative estimate of drug-likeness (QED) is 0.517. The van der Waals surface area contributed by atoms with Crippen LogP contribution in [0.1, 0.15) is 23.8 Å². The molecule has 0 bridgehead atoms. The minimum atomic E-state index is 0.0699. The number of benzene rings is 2. The van der Waals surface area contributed by atoms with Crippen molar-refractivity contribution in [3.05, 3.63) is 77.7 Å². The van der Waals surface area contributed by atoms with Gasteiger partial charge >= 0.3 is 0 Å². The van der Waals surface area contributed by atoms with Gasteiger partial charge in [-0.2, -0.15) is 0 Å². The molecule has 2 heterocycles. The first-order valence-corrected chi connectivity index (χ1v) is 9.23. The van der Waals surface area contributed by atoms with Crippen molar-refractivity contribution >= 4 is 27.8 Å². The van der Waals surface area contributed by atoms with E-state index >= 15 is 0 Å². The predicted molar refractivity (Wildman–Crippen MR) is 108 cm³/mol. The first kappa shape index (κ1) is 17.3. The van der Waals surface area contributed by atoms with Gasteiger partial charge in [0.05, 0.1) is 11.9 Å². The Labute approximate surface area is 158 Å². The second kappa shape index (κ2) is 7.23. The molecule has 0 saturated carbocycles. The summed E-state index contributed by atoms with van der Waals surface area (Å²) in [5.74, 6) is 1.02. The van der Waals surface area contributed by atoms with Crippen molar-refractivity contribution in [3.63, 3.8) is 0 Å². The molecule has 4 aromatic rings. The molecule has 0 radical (unpaired) electrons. The summed E-state index contributed by atoms with van der Waals surface area (Å²) in [6.45, 7) is 2.61. The van der Waals surface area contributed by atoms with E-state index in [1.165, 1.54) is 0 Å². The normalized spacial score (nSPS) is 11.2. The predicted octanol–water partition coefficient (Wildman–Crippen LogP) is 4.74. The number of hydrogen-bond acceptors (Lipinski definition) is 3. The Morgan fingerprint density at radius 1 is 1.07 bits per heavy atom. The van der Waals surface area contributed by atoms with Crippen molar-refractivity contribution in [2.75, 3.05) is 7.05 Å². The maximum atomic E-state index is 12.9. The number of hydrogen-bond donors (Lipinski definition) is 0. The standard InChI is InChI=1S/C23H22N2O2/c1-3-20-19(18-11-4-5-12-21(18)27-20)15-25(2)22(26)14-17-9-6-8-16-10-7-13-24-23(16)17/h4-13H,3,14-15H2,1-2H3. The summed E-state index contributed by atoms with van der Waals surface area (Å²) >= 11 is 0. The number of amides is 1. The minimum Gasteiger partial charge on any atom is -0.461 e. The highest BCUT2D eigenvalue weighted by Gasteiger charge is 2.18. The zero-order valence-corrected chi connectivity index (χ0v) is 15.6. The molecule has 0 atom stereocenters. The number of fused-ring (bicyclic) bond motifs is 2. The van der Waals surface area contributed by atoms with Gasteiger partial charge < -0.3 is 9.32 Å². The van der Waals surface area contributed by atoms with E-state index < -0.39 is 0 Å². The molecule has 1 amide bonds. The molecule has 4 nitrogen and oxygen atoms in total. The van der Waals surface area contributed by atoms with Gasteiger partial charge in [0.1, 0.15) is 11.3 Å². The van der Waals surface area contributed by atoms with E-state index in [-0.39, 0.29) is 5.91 Å². The van der Waals surface area contributed by atoms with Crippen molar-refractivity contribution < 1.29 is 9.21 Å². The summed E-state index contributed by atoms with van der Waals surface area (Å²) in [6, 6.07) is 17.9. The Kier molecular flexibility index (Phi) is 4.63. The van der Waals surface area contributed by atoms with Crippen LogP contribution in [0.15, 0.2) is 65.2 Å². The van der Waals surface area contributed by atoms with Crippen LogP contribution in [0, 0.1) is 0 Å². The zero-order chi connectivity index (χ0) is 18.8. The molecule has 2 aromatic heterocycles. The molecule has 4 heteroatoms. The number of rotatable bonds is 5. The van der Waals surface area contributed by atoms with Crippen LogP contribution in [0.4, 0.5) is 0 Å². The van der Waals surface area contributed by atoms with Gasteiger partial charge in [-0.25, -0.2) is 0 Å². The molecular formula is C23H22N2O2. The van der Waals surface area contributed by atoms with Gasteiger partial charge in [0.15, 0.2) is 0 Å². The molecular weight excluding hydrogens is 336 g/mol. The molecule has 136 valence electrons. The third kappa shape index (κ3) is 3.31. The van der Waals surface area contributed by atoms with Crippen molar-refractivity contribution in [1.29, 1.82) is 0 Å². The molecule has 4 rings (SSSR count). The SMILES string of the molecule is CCc1oc2ccccc2c1CN(C)C(=O)Cc1cccc2cccnc12. The number of aromatic nitrogens is 1. The average molecular weight is 358 g/mol. The third-order valence-electron chi connectivity index (χ3n) is 4.98. The fraction of sp³-hybridized carbons (Fsp3) is 0.217. The average Bonchev–Trinajstić information content (AvgIpc) is 3.06. The molecule has 0 saturated heterocycles. The van der Waals surface area contributed by atoms with Crippen LogP contribution in [-0.2, 0) is 24.2 Å². The van der Waals surface area contributed by atoms with E-state index in [9.17, 15) is 4.79 Å². The first-order valence-electron chi connectivity index (χ1n) is 9.23. The first-order chi connectivity index (χ1) is 13.2. The number of likely N-dealkylation sites (N-methyl/N-ethyl adjacent to an activating group) is 1. The molecule has 0 spiro atoms. The molecule has 0 aliphatic rings. The van der Waals surface area contributed by atoms with Gasteiger partial charge in [-0.05, 0) is 17.7 Å². The van der Waals surface area contributed by atoms with Crippen molar-refractivity contribution in [3.8, 4) is 0 Å². The summed E-state index contributed by atoms with van der Waals surface area (Å²) in [7, 11) is 1.85. The van der Waals surface area contributed by atoms with Gasteiger partial charge in [0.2, 0.25) is 5.91 Å². The molecule has 0 unspecified atom stereocenters. The number of pyridine rings is 1. The lowest BCUT2D eigenvalue weighted by Gasteiger charge is -2.18. The lowest BCUT2D eigenvalue weighted by molar-refractivity contribution is -0.129. The highest BCUT2D eigenvalue weighted by Crippen LogP contribution is 2.27. The summed E-state index contributed by atoms with van der Waals surface area (Å²) < 4.78 is 5.96. The van der Waals surface area contributed by atoms with Crippen LogP contribution >= 0.6 is 0 Å². The van der Waals surface area contributed by atoms with Gasteiger partial charge in [-0.15, -0.1) is 0 Å². The smallest absolute Gasteiger partial charge is 0.227 e. The lowest BCUT2D eigenvalue weighted by Crippen LogP contribution is -2.28. The van der Waals surface area contributed by atoms with Crippen LogP contribution in [-0.4, -0.2) is 22.8 Å². The topological polar surface area (TPSA) is 46.3 Å². The van der Waals surface area contributed by atoms with Crippen molar-refractivity contribution in [2.24, 2.45) is 0 Å². The maximum Gasteiger partial charge on any atom is 0.227 e. The van der Waals surface area contributed by atoms with Crippen LogP contribution < -0.4 is 0 Å². The molecule has 27 heavy (non-hydrogen) atoms. The van der Waals surface area contributed by atoms with Crippen molar-refractivity contribution in [2.45, 2.75) is 26.3 Å². The van der Waals surface area contributed by atoms with Crippen LogP contribution in [0.3, 0.4) is 0 Å². The Hall–Kier alpha value is -3.14. The Morgan fingerprint density at radius 3 is 2.74 bits per heavy atom. The van der Waals surface area contributed by atoms with E-state index in [2.05, 4.69) is 18.0 Å². The second-order valence-electron chi connectivity index (χ2n) is 6.77. The number of aryl methyl sites for hydroxylation is 1. The van der Waals surface area contributed by atoms with E-state index in [1.807, 2.05) is 55.6 Å². The fourth-order valence-corrected chi connectivity index (χ4v) is 3.54. The molecule has 0 N–H and O–H groups in total. The van der Waals surface area contributed by atoms with Gasteiger partial charge in [0, 0.05) is 42.5 Å². The second-order valence-corrected chi connectivity index (χ2v) is 6.77. The highest BCUT2D eigenvalue weighted by molar-refractivity contribution is 5.88. The van der Waals surface area contributed by atoms with Crippen molar-refractivity contribution in [1.82, 2.24) is 9.88 Å². The molecule has 0 aliphatic carbocycles. The van der Waals surface area contributed by atoms with Gasteiger partial charge in [-0.1, -0.05) is 49.4 Å². The monoisotopic (exact) mass is 358 g/mol. The number of carbonyl (C=O) groups is 1. The number of para-hydroxylation sites is 2.